The minimum absolute atomic E-state index is 0.0128. The van der Waals surface area contributed by atoms with Gasteiger partial charge in [-0.3, -0.25) is 9.59 Å². The van der Waals surface area contributed by atoms with Crippen molar-refractivity contribution >= 4 is 17.5 Å². The molecule has 21 heavy (non-hydrogen) atoms. The van der Waals surface area contributed by atoms with Crippen LogP contribution in [0.5, 0.6) is 0 Å². The average molecular weight is 292 g/mol. The van der Waals surface area contributed by atoms with Crippen LogP contribution in [0.2, 0.25) is 0 Å². The van der Waals surface area contributed by atoms with Gasteiger partial charge in [0.2, 0.25) is 11.8 Å². The van der Waals surface area contributed by atoms with Crippen molar-refractivity contribution in [2.24, 2.45) is 5.92 Å². The van der Waals surface area contributed by atoms with Gasteiger partial charge in [-0.25, -0.2) is 0 Å². The van der Waals surface area contributed by atoms with Crippen molar-refractivity contribution in [3.63, 3.8) is 0 Å². The third-order valence-corrected chi connectivity index (χ3v) is 3.23. The highest BCUT2D eigenvalue weighted by Gasteiger charge is 2.15. The molecule has 1 unspecified atom stereocenters. The van der Waals surface area contributed by atoms with E-state index in [1.807, 2.05) is 26.0 Å². The van der Waals surface area contributed by atoms with E-state index in [0.29, 0.717) is 12.1 Å². The fourth-order valence-corrected chi connectivity index (χ4v) is 2.06. The van der Waals surface area contributed by atoms with Gasteiger partial charge >= 0.3 is 0 Å². The minimum atomic E-state index is -0.121. The lowest BCUT2D eigenvalue weighted by Crippen LogP contribution is -2.40. The summed E-state index contributed by atoms with van der Waals surface area (Å²) in [6.45, 7) is 5.55. The standard InChI is InChI=1S/C16H24N2O3/c1-11(2)15(8-9-19)18-16(21)10-13-4-6-14(7-5-13)17-12(3)20/h4-7,11,15,19H,8-10H2,1-3H3,(H,17,20)(H,18,21). The van der Waals surface area contributed by atoms with Gasteiger partial charge in [0.05, 0.1) is 6.42 Å². The van der Waals surface area contributed by atoms with Crippen LogP contribution >= 0.6 is 0 Å². The maximum atomic E-state index is 12.0. The van der Waals surface area contributed by atoms with E-state index in [1.54, 1.807) is 12.1 Å². The summed E-state index contributed by atoms with van der Waals surface area (Å²) in [6, 6.07) is 7.18. The molecule has 0 aromatic heterocycles. The van der Waals surface area contributed by atoms with E-state index < -0.39 is 0 Å². The number of rotatable bonds is 7. The highest BCUT2D eigenvalue weighted by Crippen LogP contribution is 2.11. The summed E-state index contributed by atoms with van der Waals surface area (Å²) in [5.74, 6) is 0.0990. The number of carbonyl (C=O) groups is 2. The Balaban J connectivity index is 2.55. The Morgan fingerprint density at radius 1 is 1.19 bits per heavy atom. The summed E-state index contributed by atoms with van der Waals surface area (Å²) in [5, 5.41) is 14.6. The van der Waals surface area contributed by atoms with Gasteiger partial charge < -0.3 is 15.7 Å². The second-order valence-corrected chi connectivity index (χ2v) is 5.49. The quantitative estimate of drug-likeness (QED) is 0.716. The zero-order valence-electron chi connectivity index (χ0n) is 12.8. The number of hydrogen-bond donors (Lipinski definition) is 3. The third kappa shape index (κ3) is 6.40. The van der Waals surface area contributed by atoms with Crippen molar-refractivity contribution in [3.05, 3.63) is 29.8 Å². The Morgan fingerprint density at radius 2 is 1.81 bits per heavy atom. The Hall–Kier alpha value is -1.88. The van der Waals surface area contributed by atoms with Gasteiger partial charge in [-0.2, -0.15) is 0 Å². The van der Waals surface area contributed by atoms with Gasteiger partial charge in [0, 0.05) is 25.3 Å². The summed E-state index contributed by atoms with van der Waals surface area (Å²) < 4.78 is 0. The molecule has 0 saturated heterocycles. The smallest absolute Gasteiger partial charge is 0.224 e. The van der Waals surface area contributed by atoms with E-state index in [1.165, 1.54) is 6.92 Å². The fourth-order valence-electron chi connectivity index (χ4n) is 2.06. The second kappa shape index (κ2) is 8.42. The molecule has 0 aliphatic rings. The van der Waals surface area contributed by atoms with Crippen molar-refractivity contribution in [1.29, 1.82) is 0 Å². The Morgan fingerprint density at radius 3 is 2.29 bits per heavy atom. The first-order chi connectivity index (χ1) is 9.92. The first-order valence-corrected chi connectivity index (χ1v) is 7.19. The van der Waals surface area contributed by atoms with E-state index in [2.05, 4.69) is 10.6 Å². The molecule has 0 radical (unpaired) electrons. The molecule has 0 fully saturated rings. The van der Waals surface area contributed by atoms with Crippen molar-refractivity contribution in [3.8, 4) is 0 Å². The molecular weight excluding hydrogens is 268 g/mol. The number of benzene rings is 1. The average Bonchev–Trinajstić information content (AvgIpc) is 2.40. The van der Waals surface area contributed by atoms with Gasteiger partial charge in [-0.1, -0.05) is 26.0 Å². The summed E-state index contributed by atoms with van der Waals surface area (Å²) in [6.07, 6.45) is 0.847. The van der Waals surface area contributed by atoms with Gasteiger partial charge in [-0.15, -0.1) is 0 Å². The molecule has 0 spiro atoms. The van der Waals surface area contributed by atoms with E-state index in [-0.39, 0.29) is 36.8 Å². The van der Waals surface area contributed by atoms with Gasteiger partial charge in [0.25, 0.3) is 0 Å². The lowest BCUT2D eigenvalue weighted by Gasteiger charge is -2.21. The van der Waals surface area contributed by atoms with Crippen LogP contribution < -0.4 is 10.6 Å². The van der Waals surface area contributed by atoms with Crippen LogP contribution in [0.25, 0.3) is 0 Å². The molecule has 3 N–H and O–H groups in total. The summed E-state index contributed by atoms with van der Waals surface area (Å²) in [4.78, 5) is 22.9. The summed E-state index contributed by atoms with van der Waals surface area (Å²) >= 11 is 0. The van der Waals surface area contributed by atoms with Crippen LogP contribution in [0.3, 0.4) is 0 Å². The van der Waals surface area contributed by atoms with Crippen LogP contribution in [0, 0.1) is 5.92 Å². The molecule has 0 saturated carbocycles. The third-order valence-electron chi connectivity index (χ3n) is 3.23. The van der Waals surface area contributed by atoms with Gasteiger partial charge in [0.15, 0.2) is 0 Å². The maximum Gasteiger partial charge on any atom is 0.224 e. The van der Waals surface area contributed by atoms with Crippen LogP contribution in [0.15, 0.2) is 24.3 Å². The number of amides is 2. The normalized spacial score (nSPS) is 12.0. The molecule has 5 heteroatoms. The molecule has 2 amide bonds. The first kappa shape index (κ1) is 17.2. The van der Waals surface area contributed by atoms with Crippen LogP contribution in [0.4, 0.5) is 5.69 Å². The molecule has 116 valence electrons. The highest BCUT2D eigenvalue weighted by molar-refractivity contribution is 5.88. The predicted octanol–water partition coefficient (Wildman–Crippen LogP) is 1.71. The molecule has 0 aliphatic carbocycles. The van der Waals surface area contributed by atoms with Crippen molar-refractivity contribution in [2.45, 2.75) is 39.7 Å². The van der Waals surface area contributed by atoms with E-state index in [9.17, 15) is 9.59 Å². The monoisotopic (exact) mass is 292 g/mol. The lowest BCUT2D eigenvalue weighted by atomic mass is 10.0. The molecule has 0 bridgehead atoms. The molecule has 1 aromatic carbocycles. The van der Waals surface area contributed by atoms with Crippen molar-refractivity contribution < 1.29 is 14.7 Å². The van der Waals surface area contributed by atoms with Gasteiger partial charge in [0.1, 0.15) is 0 Å². The zero-order valence-corrected chi connectivity index (χ0v) is 12.8. The molecule has 0 aliphatic heterocycles. The van der Waals surface area contributed by atoms with Crippen LogP contribution in [-0.2, 0) is 16.0 Å². The zero-order chi connectivity index (χ0) is 15.8. The van der Waals surface area contributed by atoms with E-state index >= 15 is 0 Å². The predicted molar refractivity (Wildman–Crippen MR) is 82.9 cm³/mol. The Bertz CT molecular complexity index is 469. The SMILES string of the molecule is CC(=O)Nc1ccc(CC(=O)NC(CCO)C(C)C)cc1. The van der Waals surface area contributed by atoms with E-state index in [0.717, 1.165) is 5.56 Å². The van der Waals surface area contributed by atoms with Crippen molar-refractivity contribution in [1.82, 2.24) is 5.32 Å². The summed E-state index contributed by atoms with van der Waals surface area (Å²) in [7, 11) is 0. The number of anilines is 1. The topological polar surface area (TPSA) is 78.4 Å². The van der Waals surface area contributed by atoms with Crippen molar-refractivity contribution in [2.75, 3.05) is 11.9 Å². The Labute approximate surface area is 125 Å². The Kier molecular flexibility index (Phi) is 6.88. The second-order valence-electron chi connectivity index (χ2n) is 5.49. The molecule has 1 atom stereocenters. The number of nitrogens with one attached hydrogen (secondary N) is 2. The number of aliphatic hydroxyl groups excluding tert-OH is 1. The minimum Gasteiger partial charge on any atom is -0.396 e. The highest BCUT2D eigenvalue weighted by atomic mass is 16.3. The molecule has 0 heterocycles. The number of carbonyl (C=O) groups excluding carboxylic acids is 2. The van der Waals surface area contributed by atoms with E-state index in [4.69, 9.17) is 5.11 Å². The largest absolute Gasteiger partial charge is 0.396 e. The van der Waals surface area contributed by atoms with Crippen LogP contribution in [0.1, 0.15) is 32.8 Å². The molecular formula is C16H24N2O3. The maximum absolute atomic E-state index is 12.0. The van der Waals surface area contributed by atoms with Gasteiger partial charge in [-0.05, 0) is 30.0 Å². The lowest BCUT2D eigenvalue weighted by molar-refractivity contribution is -0.121. The van der Waals surface area contributed by atoms with Crippen LogP contribution in [-0.4, -0.2) is 29.6 Å². The number of aliphatic hydroxyl groups is 1. The summed E-state index contributed by atoms with van der Waals surface area (Å²) in [5.41, 5.74) is 1.60. The molecule has 1 aromatic rings. The first-order valence-electron chi connectivity index (χ1n) is 7.19. The fraction of sp³-hybridized carbons (Fsp3) is 0.500. The molecule has 5 nitrogen and oxygen atoms in total. The molecule has 1 rings (SSSR count). The number of hydrogen-bond acceptors (Lipinski definition) is 3.